The van der Waals surface area contributed by atoms with Gasteiger partial charge in [-0.25, -0.2) is 4.79 Å². The Balaban J connectivity index is 2.00. The van der Waals surface area contributed by atoms with Crippen LogP contribution in [0.3, 0.4) is 0 Å². The molecule has 1 aromatic carbocycles. The Morgan fingerprint density at radius 1 is 1.45 bits per heavy atom. The lowest BCUT2D eigenvalue weighted by Crippen LogP contribution is -2.42. The first-order valence-electron chi connectivity index (χ1n) is 6.96. The molecular formula is C15H20BrClN2O. The first-order chi connectivity index (χ1) is 9.47. The molecule has 1 fully saturated rings. The fourth-order valence-electron chi connectivity index (χ4n) is 2.71. The van der Waals surface area contributed by atoms with Gasteiger partial charge in [-0.1, -0.05) is 47.3 Å². The molecule has 5 heteroatoms. The van der Waals surface area contributed by atoms with Gasteiger partial charge in [0.25, 0.3) is 0 Å². The molecule has 110 valence electrons. The summed E-state index contributed by atoms with van der Waals surface area (Å²) in [5.74, 6) is 0.695. The van der Waals surface area contributed by atoms with Crippen LogP contribution in [0.1, 0.15) is 32.6 Å². The van der Waals surface area contributed by atoms with Crippen LogP contribution in [-0.4, -0.2) is 24.0 Å². The fraction of sp³-hybridized carbons (Fsp3) is 0.533. The molecule has 3 nitrogen and oxygen atoms in total. The Kier molecular flexibility index (Phi) is 5.33. The van der Waals surface area contributed by atoms with E-state index in [4.69, 9.17) is 11.6 Å². The van der Waals surface area contributed by atoms with Crippen LogP contribution in [0.5, 0.6) is 0 Å². The van der Waals surface area contributed by atoms with Crippen molar-refractivity contribution in [1.82, 2.24) is 4.90 Å². The molecular weight excluding hydrogens is 340 g/mol. The Morgan fingerprint density at radius 2 is 2.20 bits per heavy atom. The molecule has 0 aliphatic heterocycles. The third-order valence-corrected chi connectivity index (χ3v) is 4.76. The number of benzene rings is 1. The van der Waals surface area contributed by atoms with Gasteiger partial charge in [-0.3, -0.25) is 0 Å². The van der Waals surface area contributed by atoms with E-state index in [0.29, 0.717) is 22.7 Å². The second kappa shape index (κ2) is 6.81. The number of carbonyl (C=O) groups is 1. The van der Waals surface area contributed by atoms with Crippen molar-refractivity contribution in [3.05, 3.63) is 27.7 Å². The first-order valence-corrected chi connectivity index (χ1v) is 8.13. The zero-order valence-corrected chi connectivity index (χ0v) is 14.2. The number of urea groups is 1. The first kappa shape index (κ1) is 15.6. The molecule has 2 rings (SSSR count). The molecule has 1 N–H and O–H groups in total. The van der Waals surface area contributed by atoms with Crippen molar-refractivity contribution >= 4 is 39.2 Å². The minimum atomic E-state index is -0.0895. The molecule has 1 saturated carbocycles. The molecule has 1 aliphatic rings. The highest BCUT2D eigenvalue weighted by Crippen LogP contribution is 2.28. The molecule has 0 heterocycles. The number of hydrogen-bond donors (Lipinski definition) is 1. The molecule has 1 aliphatic carbocycles. The van der Waals surface area contributed by atoms with E-state index in [0.717, 1.165) is 17.3 Å². The predicted molar refractivity (Wildman–Crippen MR) is 87.4 cm³/mol. The van der Waals surface area contributed by atoms with Crippen molar-refractivity contribution in [3.8, 4) is 0 Å². The standard InChI is InChI=1S/C15H20BrClN2O/c1-10-4-3-5-12(8-10)19(2)15(20)18-14-7-6-11(16)9-13(14)17/h6-7,9-10,12H,3-5,8H2,1-2H3,(H,18,20). The summed E-state index contributed by atoms with van der Waals surface area (Å²) in [6, 6.07) is 5.69. The van der Waals surface area contributed by atoms with Gasteiger partial charge in [0.15, 0.2) is 0 Å². The van der Waals surface area contributed by atoms with E-state index in [1.54, 1.807) is 6.07 Å². The van der Waals surface area contributed by atoms with Crippen molar-refractivity contribution < 1.29 is 4.79 Å². The summed E-state index contributed by atoms with van der Waals surface area (Å²) in [6.45, 7) is 2.25. The molecule has 0 aromatic heterocycles. The number of carbonyl (C=O) groups excluding carboxylic acids is 1. The summed E-state index contributed by atoms with van der Waals surface area (Å²) >= 11 is 9.48. The number of nitrogens with zero attached hydrogens (tertiary/aromatic N) is 1. The summed E-state index contributed by atoms with van der Waals surface area (Å²) in [6.07, 6.45) is 4.63. The lowest BCUT2D eigenvalue weighted by atomic mass is 9.86. The van der Waals surface area contributed by atoms with Gasteiger partial charge in [0.05, 0.1) is 10.7 Å². The van der Waals surface area contributed by atoms with E-state index in [1.165, 1.54) is 12.8 Å². The topological polar surface area (TPSA) is 32.3 Å². The third-order valence-electron chi connectivity index (χ3n) is 3.95. The number of hydrogen-bond acceptors (Lipinski definition) is 1. The molecule has 1 aromatic rings. The van der Waals surface area contributed by atoms with Gasteiger partial charge in [-0.2, -0.15) is 0 Å². The Morgan fingerprint density at radius 3 is 2.85 bits per heavy atom. The third kappa shape index (κ3) is 3.89. The Hall–Kier alpha value is -0.740. The minimum Gasteiger partial charge on any atom is -0.325 e. The molecule has 2 unspecified atom stereocenters. The van der Waals surface area contributed by atoms with E-state index in [2.05, 4.69) is 28.2 Å². The molecule has 0 radical (unpaired) electrons. The maximum absolute atomic E-state index is 12.3. The van der Waals surface area contributed by atoms with Crippen molar-refractivity contribution in [2.45, 2.75) is 38.6 Å². The van der Waals surface area contributed by atoms with E-state index in [1.807, 2.05) is 24.1 Å². The van der Waals surface area contributed by atoms with E-state index < -0.39 is 0 Å². The van der Waals surface area contributed by atoms with Gasteiger partial charge in [-0.15, -0.1) is 0 Å². The molecule has 0 spiro atoms. The summed E-state index contributed by atoms with van der Waals surface area (Å²) < 4.78 is 0.898. The van der Waals surface area contributed by atoms with Crippen LogP contribution in [0.4, 0.5) is 10.5 Å². The average Bonchev–Trinajstić information content (AvgIpc) is 2.41. The van der Waals surface area contributed by atoms with Gasteiger partial charge in [-0.05, 0) is 37.0 Å². The van der Waals surface area contributed by atoms with Crippen LogP contribution < -0.4 is 5.32 Å². The SMILES string of the molecule is CC1CCCC(N(C)C(=O)Nc2ccc(Br)cc2Cl)C1. The highest BCUT2D eigenvalue weighted by atomic mass is 79.9. The van der Waals surface area contributed by atoms with Gasteiger partial charge in [0, 0.05) is 17.6 Å². The lowest BCUT2D eigenvalue weighted by Gasteiger charge is -2.34. The summed E-state index contributed by atoms with van der Waals surface area (Å²) in [4.78, 5) is 14.1. The van der Waals surface area contributed by atoms with E-state index in [-0.39, 0.29) is 6.03 Å². The number of anilines is 1. The van der Waals surface area contributed by atoms with Crippen molar-refractivity contribution in [3.63, 3.8) is 0 Å². The quantitative estimate of drug-likeness (QED) is 0.778. The molecule has 0 bridgehead atoms. The smallest absolute Gasteiger partial charge is 0.321 e. The summed E-state index contributed by atoms with van der Waals surface area (Å²) in [5.41, 5.74) is 0.649. The monoisotopic (exact) mass is 358 g/mol. The predicted octanol–water partition coefficient (Wildman–Crippen LogP) is 5.14. The normalized spacial score (nSPS) is 22.4. The van der Waals surface area contributed by atoms with Crippen LogP contribution >= 0.6 is 27.5 Å². The highest BCUT2D eigenvalue weighted by Gasteiger charge is 2.25. The van der Waals surface area contributed by atoms with Crippen LogP contribution in [0.25, 0.3) is 0 Å². The van der Waals surface area contributed by atoms with Crippen molar-refractivity contribution in [2.75, 3.05) is 12.4 Å². The summed E-state index contributed by atoms with van der Waals surface area (Å²) in [5, 5.41) is 3.42. The number of amides is 2. The maximum Gasteiger partial charge on any atom is 0.321 e. The van der Waals surface area contributed by atoms with E-state index >= 15 is 0 Å². The van der Waals surface area contributed by atoms with Gasteiger partial charge in [0.2, 0.25) is 0 Å². The van der Waals surface area contributed by atoms with Crippen molar-refractivity contribution in [1.29, 1.82) is 0 Å². The lowest BCUT2D eigenvalue weighted by molar-refractivity contribution is 0.171. The van der Waals surface area contributed by atoms with Crippen LogP contribution in [0.2, 0.25) is 5.02 Å². The summed E-state index contributed by atoms with van der Waals surface area (Å²) in [7, 11) is 1.87. The number of nitrogens with one attached hydrogen (secondary N) is 1. The van der Waals surface area contributed by atoms with Crippen LogP contribution in [0.15, 0.2) is 22.7 Å². The largest absolute Gasteiger partial charge is 0.325 e. The Bertz CT molecular complexity index is 495. The molecule has 0 saturated heterocycles. The average molecular weight is 360 g/mol. The number of rotatable bonds is 2. The maximum atomic E-state index is 12.3. The second-order valence-electron chi connectivity index (χ2n) is 5.59. The fourth-order valence-corrected chi connectivity index (χ4v) is 3.43. The van der Waals surface area contributed by atoms with Gasteiger partial charge in [0.1, 0.15) is 0 Å². The minimum absolute atomic E-state index is 0.0895. The molecule has 20 heavy (non-hydrogen) atoms. The van der Waals surface area contributed by atoms with Crippen LogP contribution in [0, 0.1) is 5.92 Å². The van der Waals surface area contributed by atoms with Gasteiger partial charge < -0.3 is 10.2 Å². The molecule has 2 amide bonds. The van der Waals surface area contributed by atoms with E-state index in [9.17, 15) is 4.79 Å². The van der Waals surface area contributed by atoms with Gasteiger partial charge >= 0.3 is 6.03 Å². The van der Waals surface area contributed by atoms with Crippen LogP contribution in [-0.2, 0) is 0 Å². The second-order valence-corrected chi connectivity index (χ2v) is 6.91. The zero-order valence-electron chi connectivity index (χ0n) is 11.8. The van der Waals surface area contributed by atoms with Crippen molar-refractivity contribution in [2.24, 2.45) is 5.92 Å². The number of halogens is 2. The zero-order chi connectivity index (χ0) is 14.7. The Labute approximate surface area is 133 Å². The molecule has 2 atom stereocenters. The highest BCUT2D eigenvalue weighted by molar-refractivity contribution is 9.10.